The molecule has 0 aromatic heterocycles. The zero-order chi connectivity index (χ0) is 83.1. The van der Waals surface area contributed by atoms with Crippen LogP contribution in [0.1, 0.15) is 201 Å². The smallest absolute Gasteiger partial charge is 0.410 e. The molecule has 1 unspecified atom stereocenters. The summed E-state index contributed by atoms with van der Waals surface area (Å²) in [6, 6.07) is 9.99. The van der Waals surface area contributed by atoms with Crippen LogP contribution in [0.4, 0.5) is 19.2 Å². The van der Waals surface area contributed by atoms with E-state index in [4.69, 9.17) is 34.2 Å². The summed E-state index contributed by atoms with van der Waals surface area (Å²) in [5.41, 5.74) is 6.65. The summed E-state index contributed by atoms with van der Waals surface area (Å²) in [7, 11) is 0. The van der Waals surface area contributed by atoms with Gasteiger partial charge in [-0.1, -0.05) is 126 Å². The summed E-state index contributed by atoms with van der Waals surface area (Å²) in [4.78, 5) is 187. The van der Waals surface area contributed by atoms with Crippen molar-refractivity contribution in [2.75, 3.05) is 32.8 Å². The summed E-state index contributed by atoms with van der Waals surface area (Å²) in [6.07, 6.45) is 11.9. The lowest BCUT2D eigenvalue weighted by atomic mass is 10.0. The molecule has 9 aliphatic rings. The van der Waals surface area contributed by atoms with Crippen molar-refractivity contribution >= 4 is 83.4 Å². The van der Waals surface area contributed by atoms with Crippen LogP contribution >= 0.6 is 0 Å². The molecule has 2 aromatic carbocycles. The molecule has 0 bridgehead atoms. The number of carbonyl (C=O) groups is 14. The van der Waals surface area contributed by atoms with Crippen LogP contribution in [-0.4, -0.2) is 218 Å². The van der Waals surface area contributed by atoms with Gasteiger partial charge in [0.15, 0.2) is 11.6 Å². The number of hydrogen-bond donors (Lipinski definition) is 7. The molecular weight excluding hydrogens is 1470 g/mol. The summed E-state index contributed by atoms with van der Waals surface area (Å²) in [5.74, 6) is -7.03. The van der Waals surface area contributed by atoms with E-state index in [1.54, 1.807) is 86.0 Å². The SMILES string of the molecule is CC(C)C(NC(=O)OC(C)(C)C)C(=O)OC1C(=O)CCC1=O.CC(C)[C@@H](NC(=O)OC(C)(C)C)C(=O)N[C@H]1CCCCC/C=C\[C@@H]2C[C@@]2(C(=O)O)NC(=O)[C@@H]2C[C@@H](OC(=O)N3CCc4ccccc4C3)CN2C1=O.CCOC(=O)[C@@]12C[C@H]1/C=C\CCCCC[C@H](N)C(=O)N1C[C@H](OC(=O)N3CCc4ccccc4C3)C[C@H]1C(=O)N2. The minimum Gasteiger partial charge on any atom is -0.479 e. The molecule has 31 heteroatoms. The normalized spacial score (nSPS) is 27.1. The van der Waals surface area contributed by atoms with Crippen molar-refractivity contribution in [1.82, 2.24) is 46.2 Å². The summed E-state index contributed by atoms with van der Waals surface area (Å²) < 4.78 is 32.5. The van der Waals surface area contributed by atoms with Gasteiger partial charge in [0.25, 0.3) is 0 Å². The Morgan fingerprint density at radius 1 is 0.579 bits per heavy atom. The number of Topliss-reactive ketones (excluding diaryl/α,β-unsaturated/α-hetero) is 2. The lowest BCUT2D eigenvalue weighted by molar-refractivity contribution is -0.160. The molecule has 2 saturated heterocycles. The third-order valence-corrected chi connectivity index (χ3v) is 21.8. The molecule has 3 saturated carbocycles. The van der Waals surface area contributed by atoms with Crippen molar-refractivity contribution in [3.63, 3.8) is 0 Å². The van der Waals surface area contributed by atoms with Gasteiger partial charge in [-0.05, 0) is 147 Å². The highest BCUT2D eigenvalue weighted by molar-refractivity contribution is 6.12. The number of fused-ring (bicyclic) bond motifs is 6. The minimum atomic E-state index is -1.50. The fraction of sp³-hybridized carbons (Fsp3) is 0.639. The average molecular weight is 1590 g/mol. The van der Waals surface area contributed by atoms with E-state index < -0.39 is 160 Å². The van der Waals surface area contributed by atoms with Gasteiger partial charge in [0, 0.05) is 63.7 Å². The van der Waals surface area contributed by atoms with Crippen LogP contribution in [0.5, 0.6) is 0 Å². The standard InChI is InChI=1S/C38H53N5O9.C30H40N4O6.C15H23NO6/c1-23(2)30(40-35(49)52-37(3,4)5)32(45)39-28-16-10-8-6-7-9-15-26-20-38(26,34(47)48)41-31(44)29-19-27(22-43(29)33(28)46)51-36(50)42-18-17-24-13-11-12-14-25(24)21-42;1-2-39-28(37)30-17-22(30)12-6-4-3-5-7-13-24(31)27(36)34-19-23(16-25(34)26(35)32-30)40-29(38)33-15-14-20-10-8-9-11-21(20)18-33;1-8(2)11(16-14(20)22-15(3,4)5)13(19)21-12-9(17)6-7-10(12)18/h9,11-15,23,26-30H,6-8,10,16-22H2,1-5H3,(H,39,45)(H,40,49)(H,41,44)(H,47,48);6,8-12,22-25H,2-5,7,13-19,31H2,1H3,(H,32,35);8,11-12H,6-7H2,1-5H3,(H,16,20)/b15-9-;12-6-;/t26-,27-,28+,29+,30-,38-;22-,23-,24+,25+,30-;/m11./s1. The predicted molar refractivity (Wildman–Crippen MR) is 414 cm³/mol. The summed E-state index contributed by atoms with van der Waals surface area (Å²) >= 11 is 0. The Labute approximate surface area is 666 Å². The van der Waals surface area contributed by atoms with Gasteiger partial charge in [-0.3, -0.25) is 33.6 Å². The van der Waals surface area contributed by atoms with Crippen LogP contribution < -0.4 is 32.3 Å². The van der Waals surface area contributed by atoms with Crippen LogP contribution in [0.2, 0.25) is 0 Å². The number of esters is 2. The summed E-state index contributed by atoms with van der Waals surface area (Å²) in [5, 5.41) is 23.7. The van der Waals surface area contributed by atoms with Crippen molar-refractivity contribution in [3.8, 4) is 0 Å². The van der Waals surface area contributed by atoms with Crippen LogP contribution in [0, 0.1) is 23.7 Å². The second-order valence-corrected chi connectivity index (χ2v) is 33.7. The van der Waals surface area contributed by atoms with Gasteiger partial charge in [0.2, 0.25) is 35.6 Å². The van der Waals surface area contributed by atoms with Crippen molar-refractivity contribution in [2.45, 2.75) is 282 Å². The highest BCUT2D eigenvalue weighted by atomic mass is 16.6. The van der Waals surface area contributed by atoms with Gasteiger partial charge < -0.3 is 85.4 Å². The number of nitrogens with zero attached hydrogens (tertiary/aromatic N) is 4. The second kappa shape index (κ2) is 38.5. The number of hydrogen-bond acceptors (Lipinski definition) is 21. The molecule has 12 atom stereocenters. The van der Waals surface area contributed by atoms with Gasteiger partial charge >= 0.3 is 42.3 Å². The number of carboxylic acids is 1. The van der Waals surface area contributed by atoms with E-state index in [1.165, 1.54) is 15.4 Å². The average Bonchev–Trinajstić information content (AvgIpc) is 1.58. The number of alkyl carbamates (subject to hydrolysis) is 2. The Hall–Kier alpha value is -9.94. The molecule has 3 aliphatic carbocycles. The Balaban J connectivity index is 0.000000212. The molecule has 0 radical (unpaired) electrons. The predicted octanol–water partition coefficient (Wildman–Crippen LogP) is 7.48. The molecular formula is C83H116N10O21. The molecule has 8 N–H and O–H groups in total. The van der Waals surface area contributed by atoms with Crippen LogP contribution in [0.25, 0.3) is 0 Å². The first-order chi connectivity index (χ1) is 53.9. The number of ether oxygens (including phenoxy) is 6. The Bertz CT molecular complexity index is 3940. The minimum absolute atomic E-state index is 0.0422. The van der Waals surface area contributed by atoms with Gasteiger partial charge in [-0.25, -0.2) is 33.6 Å². The molecule has 114 heavy (non-hydrogen) atoms. The quantitative estimate of drug-likeness (QED) is 0.0442. The van der Waals surface area contributed by atoms with E-state index in [0.717, 1.165) is 61.6 Å². The molecule has 31 nitrogen and oxygen atoms in total. The molecule has 11 rings (SSSR count). The zero-order valence-corrected chi connectivity index (χ0v) is 67.6. The first-order valence-corrected chi connectivity index (χ1v) is 40.3. The van der Waals surface area contributed by atoms with Crippen LogP contribution in [0.15, 0.2) is 72.8 Å². The molecule has 6 aliphatic heterocycles. The fourth-order valence-electron chi connectivity index (χ4n) is 15.3. The van der Waals surface area contributed by atoms with Gasteiger partial charge in [0.05, 0.1) is 25.7 Å². The lowest BCUT2D eigenvalue weighted by Crippen LogP contribution is -2.59. The lowest BCUT2D eigenvalue weighted by Gasteiger charge is -2.31. The van der Waals surface area contributed by atoms with E-state index >= 15 is 0 Å². The number of nitrogens with one attached hydrogen (secondary N) is 5. The molecule has 5 fully saturated rings. The highest BCUT2D eigenvalue weighted by Crippen LogP contribution is 2.47. The maximum atomic E-state index is 14.5. The third kappa shape index (κ3) is 23.2. The Morgan fingerprint density at radius 3 is 1.50 bits per heavy atom. The van der Waals surface area contributed by atoms with E-state index in [2.05, 4.69) is 38.7 Å². The zero-order valence-electron chi connectivity index (χ0n) is 67.6. The first-order valence-electron chi connectivity index (χ1n) is 40.3. The molecule has 9 amide bonds. The number of ketones is 2. The van der Waals surface area contributed by atoms with E-state index in [9.17, 15) is 72.2 Å². The van der Waals surface area contributed by atoms with Crippen molar-refractivity contribution in [3.05, 3.63) is 95.1 Å². The number of benzene rings is 2. The van der Waals surface area contributed by atoms with Gasteiger partial charge in [-0.15, -0.1) is 0 Å². The van der Waals surface area contributed by atoms with E-state index in [-0.39, 0.29) is 81.9 Å². The monoisotopic (exact) mass is 1590 g/mol. The van der Waals surface area contributed by atoms with Crippen molar-refractivity contribution in [2.24, 2.45) is 29.4 Å². The van der Waals surface area contributed by atoms with Crippen molar-refractivity contribution < 1.29 is 101 Å². The van der Waals surface area contributed by atoms with Gasteiger partial charge in [0.1, 0.15) is 64.7 Å². The highest BCUT2D eigenvalue weighted by Gasteiger charge is 2.63. The Kier molecular flexibility index (Phi) is 29.7. The third-order valence-electron chi connectivity index (χ3n) is 21.8. The van der Waals surface area contributed by atoms with E-state index in [1.807, 2.05) is 60.7 Å². The Morgan fingerprint density at radius 2 is 1.03 bits per heavy atom. The number of nitrogens with two attached hydrogens (primary N) is 1. The molecule has 6 heterocycles. The van der Waals surface area contributed by atoms with Crippen molar-refractivity contribution in [1.29, 1.82) is 0 Å². The van der Waals surface area contributed by atoms with Crippen LogP contribution in [-0.2, 0) is 102 Å². The van der Waals surface area contributed by atoms with E-state index in [0.29, 0.717) is 58.3 Å². The largest absolute Gasteiger partial charge is 0.479 e. The maximum Gasteiger partial charge on any atom is 0.410 e. The van der Waals surface area contributed by atoms with Crippen LogP contribution in [0.3, 0.4) is 0 Å². The molecule has 2 aromatic rings. The number of allylic oxidation sites excluding steroid dienone is 2. The number of amides is 9. The number of carbonyl (C=O) groups excluding carboxylic acids is 13. The molecule has 0 spiro atoms. The number of carboxylic acid groups (broad SMARTS) is 1. The van der Waals surface area contributed by atoms with Gasteiger partial charge in [-0.2, -0.15) is 0 Å². The molecule has 624 valence electrons. The second-order valence-electron chi connectivity index (χ2n) is 33.7. The fourth-order valence-corrected chi connectivity index (χ4v) is 15.3. The number of rotatable bonds is 13. The topological polar surface area (TPSA) is 414 Å². The first kappa shape index (κ1) is 88.0. The summed E-state index contributed by atoms with van der Waals surface area (Å²) in [6.45, 7) is 20.9. The number of aliphatic carboxylic acids is 1. The maximum absolute atomic E-state index is 14.5.